The summed E-state index contributed by atoms with van der Waals surface area (Å²) in [5.74, 6) is 1.52. The van der Waals surface area contributed by atoms with Crippen molar-refractivity contribution >= 4 is 10.0 Å². The Bertz CT molecular complexity index is 846. The van der Waals surface area contributed by atoms with E-state index in [4.69, 9.17) is 4.52 Å². The van der Waals surface area contributed by atoms with E-state index in [9.17, 15) is 12.8 Å². The van der Waals surface area contributed by atoms with Crippen molar-refractivity contribution in [2.24, 2.45) is 5.92 Å². The monoisotopic (exact) mass is 365 g/mol. The van der Waals surface area contributed by atoms with Crippen LogP contribution in [0.1, 0.15) is 43.3 Å². The number of hydrogen-bond donors (Lipinski definition) is 0. The SMILES string of the molecule is O=S(=O)(c1ccc(F)cc1)N1CCCC(Cc2nc(C3CC3)no2)C1. The third kappa shape index (κ3) is 3.59. The van der Waals surface area contributed by atoms with Gasteiger partial charge in [-0.2, -0.15) is 9.29 Å². The quantitative estimate of drug-likeness (QED) is 0.814. The van der Waals surface area contributed by atoms with Crippen LogP contribution < -0.4 is 0 Å². The molecule has 1 saturated heterocycles. The molecule has 134 valence electrons. The Hall–Kier alpha value is -1.80. The van der Waals surface area contributed by atoms with Crippen LogP contribution in [0.3, 0.4) is 0 Å². The smallest absolute Gasteiger partial charge is 0.243 e. The van der Waals surface area contributed by atoms with Crippen LogP contribution in [0.2, 0.25) is 0 Å². The van der Waals surface area contributed by atoms with Gasteiger partial charge < -0.3 is 4.52 Å². The van der Waals surface area contributed by atoms with E-state index in [-0.39, 0.29) is 10.8 Å². The Labute approximate surface area is 146 Å². The molecule has 2 aromatic rings. The van der Waals surface area contributed by atoms with Crippen molar-refractivity contribution in [1.82, 2.24) is 14.4 Å². The molecule has 1 aromatic carbocycles. The van der Waals surface area contributed by atoms with Gasteiger partial charge in [0.15, 0.2) is 5.82 Å². The molecular formula is C17H20FN3O3S. The molecule has 1 aliphatic carbocycles. The van der Waals surface area contributed by atoms with E-state index in [1.165, 1.54) is 28.6 Å². The first kappa shape index (κ1) is 16.7. The second-order valence-corrected chi connectivity index (χ2v) is 8.79. The van der Waals surface area contributed by atoms with Crippen LogP contribution in [0.25, 0.3) is 0 Å². The van der Waals surface area contributed by atoms with Gasteiger partial charge >= 0.3 is 0 Å². The molecule has 1 saturated carbocycles. The number of halogens is 1. The van der Waals surface area contributed by atoms with Crippen molar-refractivity contribution in [1.29, 1.82) is 0 Å². The Balaban J connectivity index is 1.45. The zero-order valence-corrected chi connectivity index (χ0v) is 14.6. The molecule has 2 fully saturated rings. The molecule has 1 aromatic heterocycles. The molecule has 1 aliphatic heterocycles. The molecule has 1 unspecified atom stereocenters. The largest absolute Gasteiger partial charge is 0.339 e. The lowest BCUT2D eigenvalue weighted by Crippen LogP contribution is -2.40. The zero-order chi connectivity index (χ0) is 17.4. The fraction of sp³-hybridized carbons (Fsp3) is 0.529. The minimum absolute atomic E-state index is 0.128. The summed E-state index contributed by atoms with van der Waals surface area (Å²) in [6, 6.07) is 4.97. The summed E-state index contributed by atoms with van der Waals surface area (Å²) < 4.78 is 45.3. The molecule has 4 rings (SSSR count). The molecule has 6 nitrogen and oxygen atoms in total. The first-order valence-electron chi connectivity index (χ1n) is 8.60. The van der Waals surface area contributed by atoms with Crippen LogP contribution in [-0.2, 0) is 16.4 Å². The molecule has 2 aliphatic rings. The van der Waals surface area contributed by atoms with Crippen molar-refractivity contribution in [3.8, 4) is 0 Å². The lowest BCUT2D eigenvalue weighted by Gasteiger charge is -2.31. The van der Waals surface area contributed by atoms with Crippen LogP contribution in [0.5, 0.6) is 0 Å². The molecular weight excluding hydrogens is 345 g/mol. The van der Waals surface area contributed by atoms with Crippen LogP contribution >= 0.6 is 0 Å². The van der Waals surface area contributed by atoms with Gasteiger partial charge in [0.05, 0.1) is 4.90 Å². The highest BCUT2D eigenvalue weighted by atomic mass is 32.2. The van der Waals surface area contributed by atoms with Gasteiger partial charge in [-0.1, -0.05) is 5.16 Å². The molecule has 0 spiro atoms. The van der Waals surface area contributed by atoms with Gasteiger partial charge in [0, 0.05) is 25.4 Å². The summed E-state index contributed by atoms with van der Waals surface area (Å²) in [6.07, 6.45) is 4.54. The predicted molar refractivity (Wildman–Crippen MR) is 87.9 cm³/mol. The number of piperidine rings is 1. The number of aromatic nitrogens is 2. The average molecular weight is 365 g/mol. The molecule has 25 heavy (non-hydrogen) atoms. The van der Waals surface area contributed by atoms with Crippen molar-refractivity contribution in [3.05, 3.63) is 41.8 Å². The summed E-state index contributed by atoms with van der Waals surface area (Å²) in [5, 5.41) is 4.01. The maximum absolute atomic E-state index is 13.1. The van der Waals surface area contributed by atoms with Gasteiger partial charge in [-0.3, -0.25) is 0 Å². The maximum atomic E-state index is 13.1. The van der Waals surface area contributed by atoms with E-state index in [0.717, 1.165) is 31.5 Å². The second-order valence-electron chi connectivity index (χ2n) is 6.85. The van der Waals surface area contributed by atoms with Crippen LogP contribution in [-0.4, -0.2) is 36.0 Å². The third-order valence-corrected chi connectivity index (χ3v) is 6.70. The summed E-state index contributed by atoms with van der Waals surface area (Å²) in [7, 11) is -3.60. The lowest BCUT2D eigenvalue weighted by molar-refractivity contribution is 0.247. The molecule has 8 heteroatoms. The molecule has 0 N–H and O–H groups in total. The Morgan fingerprint density at radius 1 is 1.20 bits per heavy atom. The van der Waals surface area contributed by atoms with Crippen molar-refractivity contribution in [3.63, 3.8) is 0 Å². The average Bonchev–Trinajstić information content (AvgIpc) is 3.36. The zero-order valence-electron chi connectivity index (χ0n) is 13.8. The van der Waals surface area contributed by atoms with Gasteiger partial charge in [0.1, 0.15) is 5.82 Å². The topological polar surface area (TPSA) is 76.3 Å². The van der Waals surface area contributed by atoms with E-state index in [1.807, 2.05) is 0 Å². The molecule has 0 radical (unpaired) electrons. The number of sulfonamides is 1. The van der Waals surface area contributed by atoms with E-state index < -0.39 is 15.8 Å². The van der Waals surface area contributed by atoms with Crippen LogP contribution in [0, 0.1) is 11.7 Å². The van der Waals surface area contributed by atoms with Crippen molar-refractivity contribution < 1.29 is 17.3 Å². The van der Waals surface area contributed by atoms with Gasteiger partial charge in [0.25, 0.3) is 0 Å². The fourth-order valence-electron chi connectivity index (χ4n) is 3.27. The third-order valence-electron chi connectivity index (χ3n) is 4.82. The summed E-state index contributed by atoms with van der Waals surface area (Å²) in [5.41, 5.74) is 0. The first-order valence-corrected chi connectivity index (χ1v) is 10.0. The number of hydrogen-bond acceptors (Lipinski definition) is 5. The van der Waals surface area contributed by atoms with Gasteiger partial charge in [-0.25, -0.2) is 12.8 Å². The molecule has 0 amide bonds. The highest BCUT2D eigenvalue weighted by molar-refractivity contribution is 7.89. The maximum Gasteiger partial charge on any atom is 0.243 e. The Morgan fingerprint density at radius 2 is 1.96 bits per heavy atom. The number of nitrogens with zero attached hydrogens (tertiary/aromatic N) is 3. The molecule has 1 atom stereocenters. The highest BCUT2D eigenvalue weighted by Gasteiger charge is 2.32. The first-order chi connectivity index (χ1) is 12.0. The van der Waals surface area contributed by atoms with Gasteiger partial charge in [-0.05, 0) is 55.9 Å². The second kappa shape index (κ2) is 6.49. The van der Waals surface area contributed by atoms with E-state index in [2.05, 4.69) is 10.1 Å². The van der Waals surface area contributed by atoms with E-state index in [0.29, 0.717) is 31.3 Å². The highest BCUT2D eigenvalue weighted by Crippen LogP contribution is 2.38. The van der Waals surface area contributed by atoms with E-state index in [1.54, 1.807) is 0 Å². The number of benzene rings is 1. The standard InChI is InChI=1S/C17H20FN3O3S/c18-14-5-7-15(8-6-14)25(22,23)21-9-1-2-12(11-21)10-16-19-17(20-24-16)13-3-4-13/h5-8,12-13H,1-4,9-11H2. The Kier molecular flexibility index (Phi) is 4.33. The minimum Gasteiger partial charge on any atom is -0.339 e. The van der Waals surface area contributed by atoms with Crippen molar-refractivity contribution in [2.75, 3.05) is 13.1 Å². The predicted octanol–water partition coefficient (Wildman–Crippen LogP) is 2.73. The summed E-state index contributed by atoms with van der Waals surface area (Å²) >= 11 is 0. The summed E-state index contributed by atoms with van der Waals surface area (Å²) in [4.78, 5) is 4.56. The molecule has 2 heterocycles. The fourth-order valence-corrected chi connectivity index (χ4v) is 4.83. The van der Waals surface area contributed by atoms with Crippen molar-refractivity contribution in [2.45, 2.75) is 42.9 Å². The normalized spacial score (nSPS) is 22.2. The van der Waals surface area contributed by atoms with Crippen LogP contribution in [0.4, 0.5) is 4.39 Å². The lowest BCUT2D eigenvalue weighted by atomic mass is 9.96. The van der Waals surface area contributed by atoms with Crippen LogP contribution in [0.15, 0.2) is 33.7 Å². The minimum atomic E-state index is -3.60. The number of rotatable bonds is 5. The Morgan fingerprint density at radius 3 is 2.68 bits per heavy atom. The van der Waals surface area contributed by atoms with Gasteiger partial charge in [-0.15, -0.1) is 0 Å². The summed E-state index contributed by atoms with van der Waals surface area (Å²) in [6.45, 7) is 0.897. The van der Waals surface area contributed by atoms with Gasteiger partial charge in [0.2, 0.25) is 15.9 Å². The molecule has 0 bridgehead atoms. The van der Waals surface area contributed by atoms with E-state index >= 15 is 0 Å².